The molecular weight excluding hydrogens is 158 g/mol. The Hall–Kier alpha value is -1.32. The molecule has 68 valence electrons. The largest absolute Gasteiger partial charge is 0.466 e. The molecule has 1 amide bonds. The molecule has 4 heteroatoms. The van der Waals surface area contributed by atoms with Gasteiger partial charge in [-0.15, -0.1) is 0 Å². The lowest BCUT2D eigenvalue weighted by Gasteiger charge is -2.09. The monoisotopic (exact) mass is 171 g/mol. The minimum atomic E-state index is -0.300. The van der Waals surface area contributed by atoms with Gasteiger partial charge in [0.25, 0.3) is 0 Å². The fourth-order valence-electron chi connectivity index (χ4n) is 0.641. The van der Waals surface area contributed by atoms with Crippen LogP contribution in [0.4, 0.5) is 0 Å². The molecule has 0 unspecified atom stereocenters. The quantitative estimate of drug-likeness (QED) is 0.433. The molecule has 0 aliphatic heterocycles. The summed E-state index contributed by atoms with van der Waals surface area (Å²) in [6.45, 7) is 5.83. The molecular formula is C8H13NO3. The number of amides is 1. The third kappa shape index (κ3) is 4.49. The SMILES string of the molecule is C=CN(C=O)CCC(=O)OCC. The van der Waals surface area contributed by atoms with Crippen molar-refractivity contribution in [3.63, 3.8) is 0 Å². The predicted octanol–water partition coefficient (Wildman–Crippen LogP) is 0.541. The van der Waals surface area contributed by atoms with E-state index in [1.54, 1.807) is 6.92 Å². The molecule has 0 aliphatic carbocycles. The number of ether oxygens (including phenoxy) is 1. The Morgan fingerprint density at radius 3 is 2.75 bits per heavy atom. The van der Waals surface area contributed by atoms with Crippen LogP contribution < -0.4 is 0 Å². The zero-order chi connectivity index (χ0) is 9.40. The Kier molecular flexibility index (Phi) is 5.69. The molecule has 12 heavy (non-hydrogen) atoms. The first-order chi connectivity index (χ1) is 5.74. The van der Waals surface area contributed by atoms with Crippen LogP contribution in [0.15, 0.2) is 12.8 Å². The number of esters is 1. The van der Waals surface area contributed by atoms with Crippen LogP contribution in [0.1, 0.15) is 13.3 Å². The molecule has 0 radical (unpaired) electrons. The first kappa shape index (κ1) is 10.7. The van der Waals surface area contributed by atoms with E-state index in [0.29, 0.717) is 19.6 Å². The number of hydrogen-bond acceptors (Lipinski definition) is 3. The van der Waals surface area contributed by atoms with E-state index in [9.17, 15) is 9.59 Å². The van der Waals surface area contributed by atoms with Crippen molar-refractivity contribution in [2.75, 3.05) is 13.2 Å². The number of carbonyl (C=O) groups is 2. The van der Waals surface area contributed by atoms with E-state index in [0.717, 1.165) is 0 Å². The topological polar surface area (TPSA) is 46.6 Å². The summed E-state index contributed by atoms with van der Waals surface area (Å²) in [6, 6.07) is 0. The number of hydrogen-bond donors (Lipinski definition) is 0. The van der Waals surface area contributed by atoms with E-state index in [-0.39, 0.29) is 12.4 Å². The second kappa shape index (κ2) is 6.39. The van der Waals surface area contributed by atoms with E-state index in [1.165, 1.54) is 11.1 Å². The summed E-state index contributed by atoms with van der Waals surface area (Å²) in [7, 11) is 0. The lowest BCUT2D eigenvalue weighted by molar-refractivity contribution is -0.143. The van der Waals surface area contributed by atoms with Crippen molar-refractivity contribution in [1.82, 2.24) is 4.90 Å². The lowest BCUT2D eigenvalue weighted by Crippen LogP contribution is -2.19. The highest BCUT2D eigenvalue weighted by Crippen LogP contribution is 1.90. The fourth-order valence-corrected chi connectivity index (χ4v) is 0.641. The zero-order valence-electron chi connectivity index (χ0n) is 7.16. The molecule has 0 spiro atoms. The molecule has 0 saturated carbocycles. The maximum atomic E-state index is 10.8. The van der Waals surface area contributed by atoms with Gasteiger partial charge in [0.2, 0.25) is 6.41 Å². The molecule has 0 saturated heterocycles. The van der Waals surface area contributed by atoms with Crippen LogP contribution in [0.2, 0.25) is 0 Å². The van der Waals surface area contributed by atoms with Gasteiger partial charge in [0.1, 0.15) is 0 Å². The highest BCUT2D eigenvalue weighted by atomic mass is 16.5. The van der Waals surface area contributed by atoms with Gasteiger partial charge in [0.05, 0.1) is 13.0 Å². The van der Waals surface area contributed by atoms with Crippen LogP contribution in [0, 0.1) is 0 Å². The standard InChI is InChI=1S/C8H13NO3/c1-3-9(7-10)6-5-8(11)12-4-2/h3,7H,1,4-6H2,2H3. The molecule has 0 aromatic heterocycles. The van der Waals surface area contributed by atoms with E-state index in [1.807, 2.05) is 0 Å². The Morgan fingerprint density at radius 1 is 1.67 bits per heavy atom. The summed E-state index contributed by atoms with van der Waals surface area (Å²) >= 11 is 0. The zero-order valence-corrected chi connectivity index (χ0v) is 7.16. The normalized spacial score (nSPS) is 8.75. The lowest BCUT2D eigenvalue weighted by atomic mass is 10.4. The Labute approximate surface area is 71.8 Å². The van der Waals surface area contributed by atoms with E-state index in [4.69, 9.17) is 0 Å². The molecule has 0 aromatic rings. The maximum Gasteiger partial charge on any atom is 0.307 e. The highest BCUT2D eigenvalue weighted by molar-refractivity contribution is 5.70. The van der Waals surface area contributed by atoms with Crippen LogP contribution in [0.3, 0.4) is 0 Å². The van der Waals surface area contributed by atoms with Crippen LogP contribution in [0.5, 0.6) is 0 Å². The summed E-state index contributed by atoms with van der Waals surface area (Å²) < 4.78 is 4.67. The Morgan fingerprint density at radius 2 is 2.33 bits per heavy atom. The number of rotatable bonds is 6. The van der Waals surface area contributed by atoms with E-state index < -0.39 is 0 Å². The molecule has 4 nitrogen and oxygen atoms in total. The minimum Gasteiger partial charge on any atom is -0.466 e. The molecule has 0 heterocycles. The molecule has 0 bridgehead atoms. The Bertz CT molecular complexity index is 160. The third-order valence-electron chi connectivity index (χ3n) is 1.25. The van der Waals surface area contributed by atoms with Crippen molar-refractivity contribution in [2.24, 2.45) is 0 Å². The fraction of sp³-hybridized carbons (Fsp3) is 0.500. The summed E-state index contributed by atoms with van der Waals surface area (Å²) in [6.07, 6.45) is 2.19. The molecule has 0 fully saturated rings. The van der Waals surface area contributed by atoms with Gasteiger partial charge >= 0.3 is 5.97 Å². The first-order valence-electron chi connectivity index (χ1n) is 3.73. The third-order valence-corrected chi connectivity index (χ3v) is 1.25. The Balaban J connectivity index is 3.58. The molecule has 0 N–H and O–H groups in total. The minimum absolute atomic E-state index is 0.207. The second-order valence-corrected chi connectivity index (χ2v) is 2.08. The van der Waals surface area contributed by atoms with Gasteiger partial charge in [0, 0.05) is 6.54 Å². The smallest absolute Gasteiger partial charge is 0.307 e. The van der Waals surface area contributed by atoms with Crippen molar-refractivity contribution >= 4 is 12.4 Å². The summed E-state index contributed by atoms with van der Waals surface area (Å²) in [4.78, 5) is 22.3. The van der Waals surface area contributed by atoms with Gasteiger partial charge < -0.3 is 9.64 Å². The molecule has 0 aromatic carbocycles. The van der Waals surface area contributed by atoms with Crippen LogP contribution in [0.25, 0.3) is 0 Å². The van der Waals surface area contributed by atoms with Gasteiger partial charge in [-0.2, -0.15) is 0 Å². The van der Waals surface area contributed by atoms with Crippen molar-refractivity contribution in [1.29, 1.82) is 0 Å². The molecule has 0 aliphatic rings. The van der Waals surface area contributed by atoms with Crippen LogP contribution in [-0.4, -0.2) is 30.4 Å². The van der Waals surface area contributed by atoms with Crippen molar-refractivity contribution in [3.8, 4) is 0 Å². The number of nitrogens with zero attached hydrogens (tertiary/aromatic N) is 1. The van der Waals surface area contributed by atoms with Crippen molar-refractivity contribution in [3.05, 3.63) is 12.8 Å². The van der Waals surface area contributed by atoms with E-state index in [2.05, 4.69) is 11.3 Å². The maximum absolute atomic E-state index is 10.8. The summed E-state index contributed by atoms with van der Waals surface area (Å²) in [5, 5.41) is 0. The van der Waals surface area contributed by atoms with Gasteiger partial charge in [-0.25, -0.2) is 0 Å². The number of carbonyl (C=O) groups excluding carboxylic acids is 2. The van der Waals surface area contributed by atoms with Gasteiger partial charge in [-0.05, 0) is 13.1 Å². The van der Waals surface area contributed by atoms with Crippen LogP contribution >= 0.6 is 0 Å². The second-order valence-electron chi connectivity index (χ2n) is 2.08. The van der Waals surface area contributed by atoms with Crippen molar-refractivity contribution < 1.29 is 14.3 Å². The summed E-state index contributed by atoms with van der Waals surface area (Å²) in [5.41, 5.74) is 0. The average molecular weight is 171 g/mol. The molecule has 0 atom stereocenters. The van der Waals surface area contributed by atoms with Crippen LogP contribution in [-0.2, 0) is 14.3 Å². The highest BCUT2D eigenvalue weighted by Gasteiger charge is 2.03. The molecule has 0 rings (SSSR count). The van der Waals surface area contributed by atoms with Gasteiger partial charge in [-0.3, -0.25) is 9.59 Å². The van der Waals surface area contributed by atoms with Gasteiger partial charge in [-0.1, -0.05) is 6.58 Å². The average Bonchev–Trinajstić information content (AvgIpc) is 2.07. The summed E-state index contributed by atoms with van der Waals surface area (Å²) in [5.74, 6) is -0.300. The first-order valence-corrected chi connectivity index (χ1v) is 3.73. The van der Waals surface area contributed by atoms with Crippen molar-refractivity contribution in [2.45, 2.75) is 13.3 Å². The predicted molar refractivity (Wildman–Crippen MR) is 44.2 cm³/mol. The van der Waals surface area contributed by atoms with Gasteiger partial charge in [0.15, 0.2) is 0 Å². The van der Waals surface area contributed by atoms with E-state index >= 15 is 0 Å².